The summed E-state index contributed by atoms with van der Waals surface area (Å²) in [7, 11) is 0. The van der Waals surface area contributed by atoms with Crippen molar-refractivity contribution in [3.8, 4) is 0 Å². The van der Waals surface area contributed by atoms with Gasteiger partial charge in [0.05, 0.1) is 5.75 Å². The first-order chi connectivity index (χ1) is 14.5. The van der Waals surface area contributed by atoms with Gasteiger partial charge < -0.3 is 10.6 Å². The molecule has 1 atom stereocenters. The number of carbonyl (C=O) groups is 2. The maximum Gasteiger partial charge on any atom is 0.286 e. The van der Waals surface area contributed by atoms with Gasteiger partial charge in [-0.25, -0.2) is 0 Å². The van der Waals surface area contributed by atoms with E-state index >= 15 is 0 Å². The molecule has 3 aromatic rings. The van der Waals surface area contributed by atoms with Crippen LogP contribution in [0.15, 0.2) is 58.9 Å². The van der Waals surface area contributed by atoms with Gasteiger partial charge in [-0.15, -0.1) is 10.2 Å². The van der Waals surface area contributed by atoms with E-state index in [1.54, 1.807) is 24.3 Å². The van der Waals surface area contributed by atoms with E-state index in [1.807, 2.05) is 25.1 Å². The maximum atomic E-state index is 12.3. The monoisotopic (exact) mass is 460 g/mol. The van der Waals surface area contributed by atoms with Gasteiger partial charge in [-0.3, -0.25) is 9.59 Å². The molecule has 1 heterocycles. The number of aromatic nitrogens is 2. The summed E-state index contributed by atoms with van der Waals surface area (Å²) in [6, 6.07) is 17.1. The fourth-order valence-corrected chi connectivity index (χ4v) is 4.40. The molecular weight excluding hydrogens is 440 g/mol. The number of aryl methyl sites for hydroxylation is 1. The quantitative estimate of drug-likeness (QED) is 0.453. The van der Waals surface area contributed by atoms with Gasteiger partial charge in [0, 0.05) is 16.8 Å². The first-order valence-corrected chi connectivity index (χ1v) is 11.5. The summed E-state index contributed by atoms with van der Waals surface area (Å²) >= 11 is 8.33. The van der Waals surface area contributed by atoms with Crippen molar-refractivity contribution < 1.29 is 9.59 Å². The second-order valence-electron chi connectivity index (χ2n) is 6.62. The van der Waals surface area contributed by atoms with Gasteiger partial charge in [0.2, 0.25) is 10.9 Å². The summed E-state index contributed by atoms with van der Waals surface area (Å²) in [5.74, 6) is -0.207. The number of carbonyl (C=O) groups excluding carboxylic acids is 2. The fraction of sp³-hybridized carbons (Fsp3) is 0.238. The molecule has 0 spiro atoms. The van der Waals surface area contributed by atoms with E-state index in [0.29, 0.717) is 15.0 Å². The molecule has 1 aromatic heterocycles. The molecule has 0 bridgehead atoms. The summed E-state index contributed by atoms with van der Waals surface area (Å²) in [6.07, 6.45) is 1.78. The van der Waals surface area contributed by atoms with Crippen LogP contribution in [0, 0.1) is 0 Å². The second kappa shape index (κ2) is 11.1. The predicted molar refractivity (Wildman–Crippen MR) is 122 cm³/mol. The Morgan fingerprint density at radius 2 is 1.93 bits per heavy atom. The van der Waals surface area contributed by atoms with Crippen molar-refractivity contribution in [3.05, 3.63) is 70.2 Å². The normalized spacial score (nSPS) is 11.7. The topological polar surface area (TPSA) is 84.0 Å². The summed E-state index contributed by atoms with van der Waals surface area (Å²) in [5.41, 5.74) is 1.84. The van der Waals surface area contributed by atoms with Crippen LogP contribution in [-0.4, -0.2) is 33.8 Å². The molecule has 0 saturated heterocycles. The summed E-state index contributed by atoms with van der Waals surface area (Å²) < 4.78 is 0.568. The molecule has 0 aliphatic rings. The van der Waals surface area contributed by atoms with E-state index in [-0.39, 0.29) is 28.6 Å². The molecule has 0 saturated carbocycles. The number of hydrogen-bond donors (Lipinski definition) is 2. The largest absolute Gasteiger partial charge is 0.353 e. The minimum absolute atomic E-state index is 0.0688. The number of amides is 2. The Bertz CT molecular complexity index is 997. The van der Waals surface area contributed by atoms with E-state index in [2.05, 4.69) is 33.0 Å². The Kier molecular flexibility index (Phi) is 8.24. The van der Waals surface area contributed by atoms with Gasteiger partial charge in [0.25, 0.3) is 5.91 Å². The van der Waals surface area contributed by atoms with E-state index in [9.17, 15) is 9.59 Å². The van der Waals surface area contributed by atoms with E-state index in [0.717, 1.165) is 24.2 Å². The summed E-state index contributed by atoms with van der Waals surface area (Å²) in [4.78, 5) is 24.5. The molecule has 2 amide bonds. The van der Waals surface area contributed by atoms with E-state index in [1.165, 1.54) is 17.3 Å². The van der Waals surface area contributed by atoms with Gasteiger partial charge in [-0.05, 0) is 43.5 Å². The number of nitrogens with zero attached hydrogens (tertiary/aromatic N) is 2. The summed E-state index contributed by atoms with van der Waals surface area (Å²) in [6.45, 7) is 1.99. The Hall–Kier alpha value is -2.42. The lowest BCUT2D eigenvalue weighted by Crippen LogP contribution is -2.34. The number of thioether (sulfide) groups is 1. The highest BCUT2D eigenvalue weighted by molar-refractivity contribution is 8.01. The Morgan fingerprint density at radius 3 is 2.70 bits per heavy atom. The van der Waals surface area contributed by atoms with Gasteiger partial charge in [-0.2, -0.15) is 0 Å². The number of rotatable bonds is 9. The van der Waals surface area contributed by atoms with Crippen molar-refractivity contribution in [2.75, 3.05) is 11.1 Å². The fourth-order valence-electron chi connectivity index (χ4n) is 2.65. The van der Waals surface area contributed by atoms with Crippen LogP contribution in [0.25, 0.3) is 0 Å². The van der Waals surface area contributed by atoms with Crippen LogP contribution in [0.5, 0.6) is 0 Å². The highest BCUT2D eigenvalue weighted by atomic mass is 35.5. The molecule has 0 unspecified atom stereocenters. The van der Waals surface area contributed by atoms with Crippen LogP contribution in [0.1, 0.15) is 28.7 Å². The van der Waals surface area contributed by atoms with Crippen molar-refractivity contribution in [3.63, 3.8) is 0 Å². The molecular formula is C21H21ClN4O2S2. The number of nitrogens with one attached hydrogen (secondary N) is 2. The molecule has 30 heavy (non-hydrogen) atoms. The highest BCUT2D eigenvalue weighted by Crippen LogP contribution is 2.23. The Morgan fingerprint density at radius 1 is 1.13 bits per heavy atom. The van der Waals surface area contributed by atoms with Crippen molar-refractivity contribution in [1.29, 1.82) is 0 Å². The number of hydrogen-bond acceptors (Lipinski definition) is 6. The minimum Gasteiger partial charge on any atom is -0.353 e. The molecule has 0 radical (unpaired) electrons. The smallest absolute Gasteiger partial charge is 0.286 e. The van der Waals surface area contributed by atoms with Crippen molar-refractivity contribution in [1.82, 2.24) is 15.5 Å². The van der Waals surface area contributed by atoms with Crippen LogP contribution in [-0.2, 0) is 11.2 Å². The van der Waals surface area contributed by atoms with Crippen LogP contribution < -0.4 is 10.6 Å². The van der Waals surface area contributed by atoms with Gasteiger partial charge >= 0.3 is 0 Å². The first kappa shape index (κ1) is 22.3. The molecule has 0 aliphatic carbocycles. The molecule has 0 fully saturated rings. The number of anilines is 1. The second-order valence-corrected chi connectivity index (χ2v) is 9.26. The Balaban J connectivity index is 1.42. The lowest BCUT2D eigenvalue weighted by molar-refractivity contribution is -0.119. The standard InChI is InChI=1S/C21H21ClN4O2S2/c1-14(10-11-15-6-3-2-4-7-15)23-18(27)13-29-21-26-25-20(30-21)19(28)24-17-9-5-8-16(22)12-17/h2-9,12,14H,10-11,13H2,1H3,(H,23,27)(H,24,28)/t14-/m1/s1. The third-order valence-corrected chi connectivity index (χ3v) is 6.42. The van der Waals surface area contributed by atoms with E-state index < -0.39 is 0 Å². The lowest BCUT2D eigenvalue weighted by atomic mass is 10.1. The molecule has 3 rings (SSSR count). The maximum absolute atomic E-state index is 12.3. The molecule has 2 N–H and O–H groups in total. The van der Waals surface area contributed by atoms with Gasteiger partial charge in [0.1, 0.15) is 0 Å². The zero-order valence-electron chi connectivity index (χ0n) is 16.3. The highest BCUT2D eigenvalue weighted by Gasteiger charge is 2.15. The average molecular weight is 461 g/mol. The average Bonchev–Trinajstić information content (AvgIpc) is 3.21. The van der Waals surface area contributed by atoms with Crippen LogP contribution in [0.4, 0.5) is 5.69 Å². The Labute approximate surface area is 188 Å². The molecule has 6 nitrogen and oxygen atoms in total. The molecule has 2 aromatic carbocycles. The number of benzene rings is 2. The van der Waals surface area contributed by atoms with Crippen LogP contribution >= 0.6 is 34.7 Å². The SMILES string of the molecule is C[C@H](CCc1ccccc1)NC(=O)CSc1nnc(C(=O)Nc2cccc(Cl)c2)s1. The molecule has 0 aliphatic heterocycles. The first-order valence-electron chi connectivity index (χ1n) is 9.36. The zero-order valence-corrected chi connectivity index (χ0v) is 18.7. The van der Waals surface area contributed by atoms with E-state index in [4.69, 9.17) is 11.6 Å². The van der Waals surface area contributed by atoms with Crippen molar-refractivity contribution >= 4 is 52.2 Å². The zero-order chi connectivity index (χ0) is 21.3. The molecule has 156 valence electrons. The van der Waals surface area contributed by atoms with Gasteiger partial charge in [-0.1, -0.05) is 71.1 Å². The molecule has 9 heteroatoms. The van der Waals surface area contributed by atoms with Crippen molar-refractivity contribution in [2.45, 2.75) is 30.1 Å². The summed E-state index contributed by atoms with van der Waals surface area (Å²) in [5, 5.41) is 14.4. The van der Waals surface area contributed by atoms with Crippen molar-refractivity contribution in [2.24, 2.45) is 0 Å². The third kappa shape index (κ3) is 7.12. The number of halogens is 1. The van der Waals surface area contributed by atoms with Gasteiger partial charge in [0.15, 0.2) is 4.34 Å². The van der Waals surface area contributed by atoms with Crippen LogP contribution in [0.2, 0.25) is 5.02 Å². The lowest BCUT2D eigenvalue weighted by Gasteiger charge is -2.13. The predicted octanol–water partition coefficient (Wildman–Crippen LogP) is 4.67. The minimum atomic E-state index is -0.361. The van der Waals surface area contributed by atoms with Crippen LogP contribution in [0.3, 0.4) is 0 Å². The third-order valence-electron chi connectivity index (χ3n) is 4.13.